The molecular formula is C16H16F2N2O4. The Morgan fingerprint density at radius 3 is 3.00 bits per heavy atom. The highest BCUT2D eigenvalue weighted by Gasteiger charge is 2.38. The molecule has 1 amide bonds. The maximum absolute atomic E-state index is 14.1. The fraction of sp³-hybridized carbons (Fsp3) is 0.375. The Bertz CT molecular complexity index is 749. The van der Waals surface area contributed by atoms with Gasteiger partial charge < -0.3 is 19.3 Å². The Hall–Kier alpha value is -2.32. The number of aromatic nitrogens is 1. The first kappa shape index (κ1) is 16.5. The van der Waals surface area contributed by atoms with Crippen LogP contribution < -0.4 is 0 Å². The predicted molar refractivity (Wildman–Crippen MR) is 78.0 cm³/mol. The lowest BCUT2D eigenvalue weighted by molar-refractivity contribution is 0.0702. The number of carbonyl (C=O) groups excluding carboxylic acids is 1. The van der Waals surface area contributed by atoms with Crippen molar-refractivity contribution in [3.8, 4) is 0 Å². The van der Waals surface area contributed by atoms with Crippen LogP contribution in [-0.4, -0.2) is 40.8 Å². The highest BCUT2D eigenvalue weighted by atomic mass is 19.1. The van der Waals surface area contributed by atoms with Crippen molar-refractivity contribution in [1.82, 2.24) is 10.1 Å². The standard InChI is InChI=1S/C16H16F2N2O4/c1-23-8-11-6-14(19-24-11)16(22)20-7-10(21)5-15(20)12-4-9(17)2-3-13(12)18/h2-4,6,10,15,21H,5,7-8H2,1H3/t10-,15+/m1/s1. The van der Waals surface area contributed by atoms with Crippen LogP contribution in [0.2, 0.25) is 0 Å². The summed E-state index contributed by atoms with van der Waals surface area (Å²) in [6, 6.07) is 3.70. The summed E-state index contributed by atoms with van der Waals surface area (Å²) >= 11 is 0. The minimum atomic E-state index is -0.827. The van der Waals surface area contributed by atoms with E-state index in [-0.39, 0.29) is 30.8 Å². The van der Waals surface area contributed by atoms with Crippen molar-refractivity contribution in [1.29, 1.82) is 0 Å². The minimum Gasteiger partial charge on any atom is -0.391 e. The summed E-state index contributed by atoms with van der Waals surface area (Å²) in [7, 11) is 1.48. The number of likely N-dealkylation sites (tertiary alicyclic amines) is 1. The summed E-state index contributed by atoms with van der Waals surface area (Å²) in [4.78, 5) is 13.9. The molecule has 2 aromatic rings. The molecule has 2 heterocycles. The molecular weight excluding hydrogens is 322 g/mol. The van der Waals surface area contributed by atoms with Gasteiger partial charge in [0, 0.05) is 25.3 Å². The molecule has 0 unspecified atom stereocenters. The van der Waals surface area contributed by atoms with Crippen LogP contribution in [0.3, 0.4) is 0 Å². The number of aliphatic hydroxyl groups is 1. The van der Waals surface area contributed by atoms with Gasteiger partial charge in [-0.15, -0.1) is 0 Å². The maximum Gasteiger partial charge on any atom is 0.276 e. The summed E-state index contributed by atoms with van der Waals surface area (Å²) in [5, 5.41) is 13.6. The van der Waals surface area contributed by atoms with Crippen molar-refractivity contribution in [3.63, 3.8) is 0 Å². The van der Waals surface area contributed by atoms with Crippen molar-refractivity contribution >= 4 is 5.91 Å². The van der Waals surface area contributed by atoms with E-state index in [1.165, 1.54) is 18.1 Å². The van der Waals surface area contributed by atoms with Gasteiger partial charge in [0.1, 0.15) is 18.2 Å². The van der Waals surface area contributed by atoms with Crippen LogP contribution in [0.5, 0.6) is 0 Å². The van der Waals surface area contributed by atoms with Crippen LogP contribution in [-0.2, 0) is 11.3 Å². The van der Waals surface area contributed by atoms with Crippen LogP contribution >= 0.6 is 0 Å². The van der Waals surface area contributed by atoms with E-state index in [0.29, 0.717) is 5.76 Å². The quantitative estimate of drug-likeness (QED) is 0.923. The Labute approximate surface area is 136 Å². The van der Waals surface area contributed by atoms with Gasteiger partial charge in [0.05, 0.1) is 12.1 Å². The Morgan fingerprint density at radius 1 is 1.46 bits per heavy atom. The van der Waals surface area contributed by atoms with E-state index in [1.54, 1.807) is 0 Å². The topological polar surface area (TPSA) is 75.8 Å². The van der Waals surface area contributed by atoms with Crippen molar-refractivity contribution in [2.45, 2.75) is 25.2 Å². The van der Waals surface area contributed by atoms with E-state index in [1.807, 2.05) is 0 Å². The average molecular weight is 338 g/mol. The lowest BCUT2D eigenvalue weighted by atomic mass is 10.0. The normalized spacial score (nSPS) is 20.6. The molecule has 0 spiro atoms. The predicted octanol–water partition coefficient (Wildman–Crippen LogP) is 2.05. The number of hydrogen-bond donors (Lipinski definition) is 1. The lowest BCUT2D eigenvalue weighted by Gasteiger charge is -2.24. The highest BCUT2D eigenvalue weighted by molar-refractivity contribution is 5.92. The van der Waals surface area contributed by atoms with Crippen molar-refractivity contribution < 1.29 is 27.9 Å². The zero-order chi connectivity index (χ0) is 17.3. The average Bonchev–Trinajstić information content (AvgIpc) is 3.16. The largest absolute Gasteiger partial charge is 0.391 e. The number of carbonyl (C=O) groups is 1. The first-order valence-corrected chi connectivity index (χ1v) is 7.38. The van der Waals surface area contributed by atoms with E-state index in [0.717, 1.165) is 18.2 Å². The van der Waals surface area contributed by atoms with Crippen molar-refractivity contribution in [3.05, 3.63) is 52.9 Å². The smallest absolute Gasteiger partial charge is 0.276 e. The first-order chi connectivity index (χ1) is 11.5. The number of β-amino-alcohol motifs (C(OH)–C–C–N with tert-alkyl or cyclic N) is 1. The molecule has 1 aromatic carbocycles. The van der Waals surface area contributed by atoms with Gasteiger partial charge >= 0.3 is 0 Å². The molecule has 6 nitrogen and oxygen atoms in total. The summed E-state index contributed by atoms with van der Waals surface area (Å²) in [5.41, 5.74) is 0.0541. The Morgan fingerprint density at radius 2 is 2.25 bits per heavy atom. The molecule has 1 aliphatic heterocycles. The van der Waals surface area contributed by atoms with Crippen LogP contribution in [0.25, 0.3) is 0 Å². The molecule has 1 fully saturated rings. The van der Waals surface area contributed by atoms with Gasteiger partial charge in [-0.25, -0.2) is 8.78 Å². The molecule has 0 radical (unpaired) electrons. The number of halogens is 2. The zero-order valence-electron chi connectivity index (χ0n) is 12.9. The van der Waals surface area contributed by atoms with Gasteiger partial charge in [0.25, 0.3) is 5.91 Å². The highest BCUT2D eigenvalue weighted by Crippen LogP contribution is 2.35. The van der Waals surface area contributed by atoms with Crippen LogP contribution in [0.1, 0.15) is 34.3 Å². The molecule has 24 heavy (non-hydrogen) atoms. The number of methoxy groups -OCH3 is 1. The van der Waals surface area contributed by atoms with E-state index in [4.69, 9.17) is 9.26 Å². The van der Waals surface area contributed by atoms with Gasteiger partial charge in [0.15, 0.2) is 11.5 Å². The van der Waals surface area contributed by atoms with Crippen LogP contribution in [0.15, 0.2) is 28.8 Å². The van der Waals surface area contributed by atoms with Gasteiger partial charge in [-0.05, 0) is 24.6 Å². The van der Waals surface area contributed by atoms with E-state index >= 15 is 0 Å². The number of rotatable bonds is 4. The second-order valence-corrected chi connectivity index (χ2v) is 5.64. The summed E-state index contributed by atoms with van der Waals surface area (Å²) < 4.78 is 37.4. The van der Waals surface area contributed by atoms with Gasteiger partial charge in [0.2, 0.25) is 0 Å². The van der Waals surface area contributed by atoms with Gasteiger partial charge in [-0.2, -0.15) is 0 Å². The monoisotopic (exact) mass is 338 g/mol. The summed E-state index contributed by atoms with van der Waals surface area (Å²) in [5.74, 6) is -1.39. The zero-order valence-corrected chi connectivity index (χ0v) is 12.9. The van der Waals surface area contributed by atoms with Crippen LogP contribution in [0, 0.1) is 11.6 Å². The Balaban J connectivity index is 1.89. The van der Waals surface area contributed by atoms with Gasteiger partial charge in [-0.3, -0.25) is 4.79 Å². The molecule has 128 valence electrons. The number of hydrogen-bond acceptors (Lipinski definition) is 5. The number of aliphatic hydroxyl groups excluding tert-OH is 1. The molecule has 1 saturated heterocycles. The molecule has 1 N–H and O–H groups in total. The van der Waals surface area contributed by atoms with Crippen molar-refractivity contribution in [2.75, 3.05) is 13.7 Å². The van der Waals surface area contributed by atoms with E-state index < -0.39 is 29.7 Å². The van der Waals surface area contributed by atoms with E-state index in [9.17, 15) is 18.7 Å². The lowest BCUT2D eigenvalue weighted by Crippen LogP contribution is -2.32. The maximum atomic E-state index is 14.1. The molecule has 3 rings (SSSR count). The number of amides is 1. The molecule has 1 aromatic heterocycles. The SMILES string of the molecule is COCc1cc(C(=O)N2C[C@H](O)C[C@H]2c2cc(F)ccc2F)no1. The molecule has 2 atom stereocenters. The molecule has 0 bridgehead atoms. The third kappa shape index (κ3) is 3.15. The van der Waals surface area contributed by atoms with Gasteiger partial charge in [-0.1, -0.05) is 5.16 Å². The third-order valence-corrected chi connectivity index (χ3v) is 3.92. The minimum absolute atomic E-state index is 0.00588. The molecule has 8 heteroatoms. The number of benzene rings is 1. The molecule has 1 aliphatic rings. The van der Waals surface area contributed by atoms with Crippen LogP contribution in [0.4, 0.5) is 8.78 Å². The molecule has 0 aliphatic carbocycles. The molecule has 0 saturated carbocycles. The number of ether oxygens (including phenoxy) is 1. The summed E-state index contributed by atoms with van der Waals surface area (Å²) in [6.07, 6.45) is -0.707. The summed E-state index contributed by atoms with van der Waals surface area (Å²) in [6.45, 7) is 0.163. The Kier molecular flexibility index (Phi) is 4.59. The van der Waals surface area contributed by atoms with Crippen molar-refractivity contribution in [2.24, 2.45) is 0 Å². The third-order valence-electron chi connectivity index (χ3n) is 3.92. The second-order valence-electron chi connectivity index (χ2n) is 5.64. The number of nitrogens with zero attached hydrogens (tertiary/aromatic N) is 2. The van der Waals surface area contributed by atoms with E-state index in [2.05, 4.69) is 5.16 Å². The second kappa shape index (κ2) is 6.66. The fourth-order valence-corrected chi connectivity index (χ4v) is 2.87. The first-order valence-electron chi connectivity index (χ1n) is 7.38. The fourth-order valence-electron chi connectivity index (χ4n) is 2.87.